The number of aromatic nitrogens is 5. The monoisotopic (exact) mass is 357 g/mol. The Labute approximate surface area is 147 Å². The summed E-state index contributed by atoms with van der Waals surface area (Å²) in [5.74, 6) is -0.0634. The molecule has 0 aliphatic heterocycles. The van der Waals surface area contributed by atoms with Crippen molar-refractivity contribution < 1.29 is 14.6 Å². The van der Waals surface area contributed by atoms with E-state index in [1.54, 1.807) is 42.7 Å². The van der Waals surface area contributed by atoms with Gasteiger partial charge in [0, 0.05) is 18.1 Å². The zero-order chi connectivity index (χ0) is 17.6. The van der Waals surface area contributed by atoms with Crippen molar-refractivity contribution in [3.63, 3.8) is 0 Å². The fraction of sp³-hybridized carbons (Fsp3) is 0.188. The van der Waals surface area contributed by atoms with E-state index >= 15 is 0 Å². The van der Waals surface area contributed by atoms with Gasteiger partial charge in [-0.3, -0.25) is 0 Å². The van der Waals surface area contributed by atoms with Gasteiger partial charge < -0.3 is 9.84 Å². The molecule has 2 heterocycles. The van der Waals surface area contributed by atoms with Crippen LogP contribution in [0.3, 0.4) is 0 Å². The van der Waals surface area contributed by atoms with E-state index in [0.29, 0.717) is 28.9 Å². The minimum absolute atomic E-state index is 0.0858. The fourth-order valence-corrected chi connectivity index (χ4v) is 2.94. The summed E-state index contributed by atoms with van der Waals surface area (Å²) >= 11 is 1.32. The average molecular weight is 357 g/mol. The summed E-state index contributed by atoms with van der Waals surface area (Å²) in [6.07, 6.45) is 3.27. The Morgan fingerprint density at radius 1 is 1.24 bits per heavy atom. The zero-order valence-electron chi connectivity index (χ0n) is 13.4. The van der Waals surface area contributed by atoms with Gasteiger partial charge in [0.1, 0.15) is 5.75 Å². The highest BCUT2D eigenvalue weighted by Gasteiger charge is 2.20. The number of ether oxygens (including phenoxy) is 1. The van der Waals surface area contributed by atoms with Crippen molar-refractivity contribution in [3.05, 3.63) is 54.1 Å². The first-order valence-electron chi connectivity index (χ1n) is 7.50. The molecule has 1 aromatic carbocycles. The summed E-state index contributed by atoms with van der Waals surface area (Å²) in [6.45, 7) is 2.48. The Bertz CT molecular complexity index is 852. The van der Waals surface area contributed by atoms with Crippen molar-refractivity contribution in [3.8, 4) is 11.4 Å². The van der Waals surface area contributed by atoms with Crippen LogP contribution in [-0.4, -0.2) is 42.6 Å². The summed E-state index contributed by atoms with van der Waals surface area (Å²) < 4.78 is 6.92. The van der Waals surface area contributed by atoms with Gasteiger partial charge in [0.05, 0.1) is 18.0 Å². The molecule has 8 nitrogen and oxygen atoms in total. The van der Waals surface area contributed by atoms with Crippen molar-refractivity contribution in [1.29, 1.82) is 0 Å². The van der Waals surface area contributed by atoms with Gasteiger partial charge in [0.15, 0.2) is 10.9 Å². The number of carboxylic acids is 1. The van der Waals surface area contributed by atoms with Crippen molar-refractivity contribution in [2.75, 3.05) is 6.61 Å². The second kappa shape index (κ2) is 7.75. The molecule has 128 valence electrons. The van der Waals surface area contributed by atoms with Crippen molar-refractivity contribution in [2.24, 2.45) is 0 Å². The first-order chi connectivity index (χ1) is 12.2. The van der Waals surface area contributed by atoms with Crippen LogP contribution in [0.15, 0.2) is 47.9 Å². The van der Waals surface area contributed by atoms with Crippen molar-refractivity contribution in [2.45, 2.75) is 17.8 Å². The number of carbonyl (C=O) groups is 1. The zero-order valence-corrected chi connectivity index (χ0v) is 14.2. The molecule has 3 rings (SSSR count). The molecule has 0 spiro atoms. The highest BCUT2D eigenvalue weighted by Crippen LogP contribution is 2.23. The molecule has 0 aliphatic carbocycles. The summed E-state index contributed by atoms with van der Waals surface area (Å²) in [5.41, 5.74) is 1.08. The molecule has 0 fully saturated rings. The smallest absolute Gasteiger partial charge is 0.358 e. The van der Waals surface area contributed by atoms with Crippen molar-refractivity contribution >= 4 is 17.7 Å². The number of thioether (sulfide) groups is 1. The summed E-state index contributed by atoms with van der Waals surface area (Å²) in [4.78, 5) is 19.7. The third kappa shape index (κ3) is 3.94. The van der Waals surface area contributed by atoms with E-state index in [9.17, 15) is 9.90 Å². The molecule has 3 aromatic rings. The number of rotatable bonds is 7. The molecule has 2 aromatic heterocycles. The number of hydrogen-bond donors (Lipinski definition) is 1. The maximum Gasteiger partial charge on any atom is 0.358 e. The van der Waals surface area contributed by atoms with Gasteiger partial charge in [0.2, 0.25) is 0 Å². The predicted octanol–water partition coefficient (Wildman–Crippen LogP) is 2.45. The van der Waals surface area contributed by atoms with E-state index in [1.165, 1.54) is 16.4 Å². The number of hydrogen-bond acceptors (Lipinski definition) is 7. The van der Waals surface area contributed by atoms with Gasteiger partial charge in [-0.1, -0.05) is 17.0 Å². The van der Waals surface area contributed by atoms with Gasteiger partial charge in [0.25, 0.3) is 0 Å². The van der Waals surface area contributed by atoms with Gasteiger partial charge in [-0.25, -0.2) is 19.4 Å². The maximum atomic E-state index is 11.4. The molecule has 0 amide bonds. The van der Waals surface area contributed by atoms with Crippen LogP contribution in [0.25, 0.3) is 5.69 Å². The standard InChI is InChI=1S/C16H15N5O3S/c1-2-24-12-6-4-11(5-7-12)21-13(14(15(22)23)19-20-21)10-25-16-17-8-3-9-18-16/h3-9H,2,10H2,1H3,(H,22,23). The van der Waals surface area contributed by atoms with Crippen LogP contribution in [-0.2, 0) is 5.75 Å². The number of carboxylic acid groups (broad SMARTS) is 1. The minimum atomic E-state index is -1.12. The quantitative estimate of drug-likeness (QED) is 0.508. The lowest BCUT2D eigenvalue weighted by Gasteiger charge is -2.08. The first kappa shape index (κ1) is 16.9. The Hall–Kier alpha value is -2.94. The fourth-order valence-electron chi connectivity index (χ4n) is 2.15. The van der Waals surface area contributed by atoms with Crippen LogP contribution >= 0.6 is 11.8 Å². The molecule has 25 heavy (non-hydrogen) atoms. The highest BCUT2D eigenvalue weighted by molar-refractivity contribution is 7.98. The van der Waals surface area contributed by atoms with E-state index in [-0.39, 0.29) is 5.69 Å². The lowest BCUT2D eigenvalue weighted by Crippen LogP contribution is -2.06. The Kier molecular flexibility index (Phi) is 5.24. The topological polar surface area (TPSA) is 103 Å². The Morgan fingerprint density at radius 2 is 1.96 bits per heavy atom. The van der Waals surface area contributed by atoms with Crippen LogP contribution in [0.1, 0.15) is 23.1 Å². The summed E-state index contributed by atoms with van der Waals surface area (Å²) in [6, 6.07) is 8.94. The number of benzene rings is 1. The van der Waals surface area contributed by atoms with Gasteiger partial charge in [-0.15, -0.1) is 5.10 Å². The predicted molar refractivity (Wildman–Crippen MR) is 91.1 cm³/mol. The average Bonchev–Trinajstić information content (AvgIpc) is 3.06. The Morgan fingerprint density at radius 3 is 2.60 bits per heavy atom. The van der Waals surface area contributed by atoms with E-state index in [0.717, 1.165) is 5.75 Å². The normalized spacial score (nSPS) is 10.6. The van der Waals surface area contributed by atoms with E-state index < -0.39 is 5.97 Å². The summed E-state index contributed by atoms with van der Waals surface area (Å²) in [5, 5.41) is 17.7. The lowest BCUT2D eigenvalue weighted by molar-refractivity contribution is 0.0689. The van der Waals surface area contributed by atoms with E-state index in [1.807, 2.05) is 6.92 Å². The number of nitrogens with zero attached hydrogens (tertiary/aromatic N) is 5. The highest BCUT2D eigenvalue weighted by atomic mass is 32.2. The molecular weight excluding hydrogens is 342 g/mol. The maximum absolute atomic E-state index is 11.4. The molecule has 0 atom stereocenters. The van der Waals surface area contributed by atoms with Crippen LogP contribution in [0, 0.1) is 0 Å². The third-order valence-corrected chi connectivity index (χ3v) is 4.12. The number of aromatic carboxylic acids is 1. The SMILES string of the molecule is CCOc1ccc(-n2nnc(C(=O)O)c2CSc2ncccn2)cc1. The molecular formula is C16H15N5O3S. The van der Waals surface area contributed by atoms with Crippen molar-refractivity contribution in [1.82, 2.24) is 25.0 Å². The van der Waals surface area contributed by atoms with Crippen LogP contribution < -0.4 is 4.74 Å². The van der Waals surface area contributed by atoms with E-state index in [2.05, 4.69) is 20.3 Å². The first-order valence-corrected chi connectivity index (χ1v) is 8.48. The second-order valence-electron chi connectivity index (χ2n) is 4.85. The molecule has 1 N–H and O–H groups in total. The lowest BCUT2D eigenvalue weighted by atomic mass is 10.3. The van der Waals surface area contributed by atoms with E-state index in [4.69, 9.17) is 4.74 Å². The van der Waals surface area contributed by atoms with Crippen LogP contribution in [0.2, 0.25) is 0 Å². The molecule has 0 saturated carbocycles. The van der Waals surface area contributed by atoms with Gasteiger partial charge in [-0.2, -0.15) is 0 Å². The molecule has 0 aliphatic rings. The largest absolute Gasteiger partial charge is 0.494 e. The molecule has 0 saturated heterocycles. The van der Waals surface area contributed by atoms with Gasteiger partial charge >= 0.3 is 5.97 Å². The third-order valence-electron chi connectivity index (χ3n) is 3.24. The van der Waals surface area contributed by atoms with Crippen LogP contribution in [0.5, 0.6) is 5.75 Å². The molecule has 9 heteroatoms. The molecule has 0 unspecified atom stereocenters. The molecule has 0 bridgehead atoms. The van der Waals surface area contributed by atoms with Gasteiger partial charge in [-0.05, 0) is 37.3 Å². The molecule has 0 radical (unpaired) electrons. The summed E-state index contributed by atoms with van der Waals surface area (Å²) in [7, 11) is 0. The second-order valence-corrected chi connectivity index (χ2v) is 5.79. The Balaban J connectivity index is 1.89. The minimum Gasteiger partial charge on any atom is -0.494 e. The van der Waals surface area contributed by atoms with Crippen LogP contribution in [0.4, 0.5) is 0 Å².